The molecule has 0 spiro atoms. The van der Waals surface area contributed by atoms with E-state index in [1.54, 1.807) is 6.92 Å². The van der Waals surface area contributed by atoms with E-state index in [4.69, 9.17) is 4.74 Å². The molecule has 1 saturated heterocycles. The normalized spacial score (nSPS) is 26.6. The van der Waals surface area contributed by atoms with Crippen molar-refractivity contribution in [2.75, 3.05) is 20.3 Å². The minimum Gasteiger partial charge on any atom is -0.382 e. The lowest BCUT2D eigenvalue weighted by Gasteiger charge is -2.23. The highest BCUT2D eigenvalue weighted by atomic mass is 16.5. The fourth-order valence-electron chi connectivity index (χ4n) is 3.29. The molecular weight excluding hydrogens is 298 g/mol. The molecule has 0 aromatic heterocycles. The molecule has 1 atom stereocenters. The number of urea groups is 1. The maximum atomic E-state index is 12.3. The predicted octanol–water partition coefficient (Wildman–Crippen LogP) is 1.17. The maximum absolute atomic E-state index is 12.3. The number of nitrogens with one attached hydrogen (secondary N) is 2. The van der Waals surface area contributed by atoms with Gasteiger partial charge in [-0.25, -0.2) is 4.79 Å². The van der Waals surface area contributed by atoms with E-state index in [2.05, 4.69) is 10.6 Å². The van der Waals surface area contributed by atoms with Gasteiger partial charge >= 0.3 is 6.03 Å². The zero-order valence-corrected chi connectivity index (χ0v) is 14.0. The summed E-state index contributed by atoms with van der Waals surface area (Å²) < 4.78 is 4.99. The molecule has 23 heavy (non-hydrogen) atoms. The van der Waals surface area contributed by atoms with Crippen LogP contribution in [0.4, 0.5) is 4.79 Å². The van der Waals surface area contributed by atoms with E-state index >= 15 is 0 Å². The summed E-state index contributed by atoms with van der Waals surface area (Å²) in [6.45, 7) is 1.45. The van der Waals surface area contributed by atoms with Gasteiger partial charge in [-0.3, -0.25) is 14.5 Å². The number of amides is 4. The molecule has 1 aliphatic carbocycles. The summed E-state index contributed by atoms with van der Waals surface area (Å²) >= 11 is 0. The molecule has 1 aliphatic heterocycles. The second-order valence-corrected chi connectivity index (χ2v) is 6.70. The van der Waals surface area contributed by atoms with Crippen molar-refractivity contribution in [3.63, 3.8) is 0 Å². The average molecular weight is 325 g/mol. The Bertz CT molecular complexity index is 460. The Morgan fingerprint density at radius 3 is 2.48 bits per heavy atom. The maximum Gasteiger partial charge on any atom is 0.325 e. The van der Waals surface area contributed by atoms with Crippen LogP contribution in [0.25, 0.3) is 0 Å². The van der Waals surface area contributed by atoms with Crippen LogP contribution in [-0.2, 0) is 14.3 Å². The van der Waals surface area contributed by atoms with Crippen LogP contribution >= 0.6 is 0 Å². The Labute approximate surface area is 137 Å². The molecule has 1 heterocycles. The molecule has 1 unspecified atom stereocenters. The van der Waals surface area contributed by atoms with Gasteiger partial charge < -0.3 is 15.4 Å². The second-order valence-electron chi connectivity index (χ2n) is 6.70. The number of hydrogen-bond acceptors (Lipinski definition) is 4. The molecule has 1 saturated carbocycles. The molecule has 0 aromatic rings. The smallest absolute Gasteiger partial charge is 0.325 e. The summed E-state index contributed by atoms with van der Waals surface area (Å²) in [7, 11) is 1.47. The zero-order chi connectivity index (χ0) is 16.9. The summed E-state index contributed by atoms with van der Waals surface area (Å²) in [5, 5.41) is 5.56. The first-order valence-corrected chi connectivity index (χ1v) is 8.39. The van der Waals surface area contributed by atoms with Crippen molar-refractivity contribution in [2.24, 2.45) is 0 Å². The Morgan fingerprint density at radius 1 is 1.26 bits per heavy atom. The minimum absolute atomic E-state index is 0.0817. The molecule has 4 amide bonds. The second kappa shape index (κ2) is 7.77. The molecule has 2 fully saturated rings. The first-order chi connectivity index (χ1) is 11.0. The topological polar surface area (TPSA) is 87.7 Å². The van der Waals surface area contributed by atoms with Gasteiger partial charge in [0.25, 0.3) is 5.91 Å². The van der Waals surface area contributed by atoms with Gasteiger partial charge in [-0.05, 0) is 19.8 Å². The lowest BCUT2D eigenvalue weighted by atomic mass is 9.97. The predicted molar refractivity (Wildman–Crippen MR) is 84.8 cm³/mol. The van der Waals surface area contributed by atoms with Crippen molar-refractivity contribution in [3.05, 3.63) is 0 Å². The molecule has 0 bridgehead atoms. The molecule has 7 heteroatoms. The van der Waals surface area contributed by atoms with Gasteiger partial charge in [0.1, 0.15) is 12.1 Å². The lowest BCUT2D eigenvalue weighted by molar-refractivity contribution is -0.136. The number of hydrogen-bond donors (Lipinski definition) is 2. The Morgan fingerprint density at radius 2 is 1.87 bits per heavy atom. The average Bonchev–Trinajstić information content (AvgIpc) is 2.66. The number of rotatable bonds is 5. The third-order valence-electron chi connectivity index (χ3n) is 4.55. The summed E-state index contributed by atoms with van der Waals surface area (Å²) in [4.78, 5) is 37.5. The minimum atomic E-state index is -1.09. The van der Waals surface area contributed by atoms with Crippen LogP contribution in [0.3, 0.4) is 0 Å². The van der Waals surface area contributed by atoms with Gasteiger partial charge in [-0.15, -0.1) is 0 Å². The van der Waals surface area contributed by atoms with Crippen molar-refractivity contribution >= 4 is 17.8 Å². The van der Waals surface area contributed by atoms with Gasteiger partial charge in [0.2, 0.25) is 5.91 Å². The lowest BCUT2D eigenvalue weighted by Crippen LogP contribution is -2.49. The Kier molecular flexibility index (Phi) is 5.98. The Hall–Kier alpha value is -1.63. The van der Waals surface area contributed by atoms with E-state index in [1.165, 1.54) is 26.4 Å². The van der Waals surface area contributed by atoms with E-state index in [-0.39, 0.29) is 25.1 Å². The van der Waals surface area contributed by atoms with Crippen molar-refractivity contribution in [3.8, 4) is 0 Å². The SMILES string of the molecule is COCC1(C)NC(=O)N(CC(=O)NC2CCCCCCC2)C1=O. The van der Waals surface area contributed by atoms with Crippen LogP contribution in [0, 0.1) is 0 Å². The highest BCUT2D eigenvalue weighted by Gasteiger charge is 2.48. The molecule has 130 valence electrons. The van der Waals surface area contributed by atoms with Crippen LogP contribution < -0.4 is 10.6 Å². The third kappa shape index (κ3) is 4.43. The number of nitrogens with zero attached hydrogens (tertiary/aromatic N) is 1. The largest absolute Gasteiger partial charge is 0.382 e. The van der Waals surface area contributed by atoms with Crippen molar-refractivity contribution in [1.82, 2.24) is 15.5 Å². The van der Waals surface area contributed by atoms with E-state index in [0.717, 1.165) is 30.6 Å². The van der Waals surface area contributed by atoms with Crippen molar-refractivity contribution < 1.29 is 19.1 Å². The molecular formula is C16H27N3O4. The molecule has 7 nitrogen and oxygen atoms in total. The first-order valence-electron chi connectivity index (χ1n) is 8.39. The standard InChI is InChI=1S/C16H27N3O4/c1-16(11-23-2)14(21)19(15(22)18-16)10-13(20)17-12-8-6-4-3-5-7-9-12/h12H,3-11H2,1-2H3,(H,17,20)(H,18,22). The highest BCUT2D eigenvalue weighted by Crippen LogP contribution is 2.19. The number of carbonyl (C=O) groups excluding carboxylic acids is 3. The highest BCUT2D eigenvalue weighted by molar-refractivity contribution is 6.08. The van der Waals surface area contributed by atoms with Gasteiger partial charge in [-0.1, -0.05) is 32.1 Å². The van der Waals surface area contributed by atoms with E-state index in [9.17, 15) is 14.4 Å². The summed E-state index contributed by atoms with van der Waals surface area (Å²) in [6, 6.07) is -0.392. The third-order valence-corrected chi connectivity index (χ3v) is 4.55. The molecule has 2 N–H and O–H groups in total. The molecule has 0 aromatic carbocycles. The number of carbonyl (C=O) groups is 3. The quantitative estimate of drug-likeness (QED) is 0.743. The van der Waals surface area contributed by atoms with E-state index in [1.807, 2.05) is 0 Å². The van der Waals surface area contributed by atoms with Crippen LogP contribution in [-0.4, -0.2) is 54.6 Å². The summed E-state index contributed by atoms with van der Waals surface area (Å²) in [5.41, 5.74) is -1.09. The van der Waals surface area contributed by atoms with Gasteiger partial charge in [0.15, 0.2) is 0 Å². The summed E-state index contributed by atoms with van der Waals surface area (Å²) in [6.07, 6.45) is 7.82. The van der Waals surface area contributed by atoms with Crippen molar-refractivity contribution in [1.29, 1.82) is 0 Å². The van der Waals surface area contributed by atoms with E-state index < -0.39 is 17.5 Å². The monoisotopic (exact) mass is 325 g/mol. The molecule has 2 aliphatic rings. The number of methoxy groups -OCH3 is 1. The number of imide groups is 1. The van der Waals surface area contributed by atoms with Gasteiger partial charge in [-0.2, -0.15) is 0 Å². The van der Waals surface area contributed by atoms with E-state index in [0.29, 0.717) is 0 Å². The van der Waals surface area contributed by atoms with Gasteiger partial charge in [0, 0.05) is 13.2 Å². The van der Waals surface area contributed by atoms with Crippen LogP contribution in [0.2, 0.25) is 0 Å². The fraction of sp³-hybridized carbons (Fsp3) is 0.812. The first kappa shape index (κ1) is 17.7. The summed E-state index contributed by atoms with van der Waals surface area (Å²) in [5.74, 6) is -0.696. The molecule has 0 radical (unpaired) electrons. The zero-order valence-electron chi connectivity index (χ0n) is 14.0. The van der Waals surface area contributed by atoms with Crippen LogP contribution in [0.1, 0.15) is 51.9 Å². The molecule has 2 rings (SSSR count). The fourth-order valence-corrected chi connectivity index (χ4v) is 3.29. The van der Waals surface area contributed by atoms with Crippen LogP contribution in [0.15, 0.2) is 0 Å². The van der Waals surface area contributed by atoms with Crippen LogP contribution in [0.5, 0.6) is 0 Å². The van der Waals surface area contributed by atoms with Crippen molar-refractivity contribution in [2.45, 2.75) is 63.5 Å². The number of ether oxygens (including phenoxy) is 1. The van der Waals surface area contributed by atoms with Gasteiger partial charge in [0.05, 0.1) is 6.61 Å². The Balaban J connectivity index is 1.89.